The highest BCUT2D eigenvalue weighted by atomic mass is 19.1. The molecule has 2 rings (SSSR count). The van der Waals surface area contributed by atoms with Crippen LogP contribution in [0.2, 0.25) is 0 Å². The molecule has 108 valence electrons. The van der Waals surface area contributed by atoms with Gasteiger partial charge >= 0.3 is 0 Å². The Morgan fingerprint density at radius 1 is 1.30 bits per heavy atom. The molecule has 1 heterocycles. The number of nitrogens with one attached hydrogen (secondary N) is 1. The van der Waals surface area contributed by atoms with Crippen molar-refractivity contribution in [2.45, 2.75) is 32.6 Å². The number of carbonyl (C=O) groups is 2. The Morgan fingerprint density at radius 2 is 2.00 bits per heavy atom. The van der Waals surface area contributed by atoms with E-state index in [2.05, 4.69) is 5.32 Å². The van der Waals surface area contributed by atoms with Crippen molar-refractivity contribution in [1.82, 2.24) is 5.32 Å². The lowest BCUT2D eigenvalue weighted by Gasteiger charge is -2.31. The van der Waals surface area contributed by atoms with Gasteiger partial charge in [-0.25, -0.2) is 8.78 Å². The number of hydrogen-bond acceptors (Lipinski definition) is 2. The van der Waals surface area contributed by atoms with Crippen LogP contribution in [0.15, 0.2) is 18.2 Å². The first-order valence-corrected chi connectivity index (χ1v) is 6.67. The minimum atomic E-state index is -0.703. The Bertz CT molecular complexity index is 543. The molecule has 0 aromatic heterocycles. The van der Waals surface area contributed by atoms with E-state index in [0.29, 0.717) is 6.42 Å². The average molecular weight is 281 g/mol. The molecule has 1 fully saturated rings. The quantitative estimate of drug-likeness (QED) is 0.866. The first-order valence-electron chi connectivity index (χ1n) is 6.67. The second-order valence-corrected chi connectivity index (χ2v) is 5.62. The third-order valence-corrected chi connectivity index (χ3v) is 3.58. The summed E-state index contributed by atoms with van der Waals surface area (Å²) < 4.78 is 26.9. The fourth-order valence-electron chi connectivity index (χ4n) is 2.71. The standard InChI is InChI=1S/C15H17F2NO2/c1-8(2)5-12-11(7-14(19)18-15(12)20)10-4-3-9(16)6-13(10)17/h3-4,6,8,11-12H,5,7H2,1-2H3,(H,18,19,20). The lowest BCUT2D eigenvalue weighted by atomic mass is 9.76. The predicted molar refractivity (Wildman–Crippen MR) is 69.8 cm³/mol. The summed E-state index contributed by atoms with van der Waals surface area (Å²) in [7, 11) is 0. The van der Waals surface area contributed by atoms with Gasteiger partial charge in [-0.1, -0.05) is 19.9 Å². The number of imide groups is 1. The Labute approximate surface area is 116 Å². The summed E-state index contributed by atoms with van der Waals surface area (Å²) in [5.41, 5.74) is 0.236. The van der Waals surface area contributed by atoms with Crippen LogP contribution in [0.25, 0.3) is 0 Å². The number of benzene rings is 1. The summed E-state index contributed by atoms with van der Waals surface area (Å²) in [5, 5.41) is 2.29. The number of piperidine rings is 1. The van der Waals surface area contributed by atoms with Crippen molar-refractivity contribution in [3.8, 4) is 0 Å². The van der Waals surface area contributed by atoms with Crippen LogP contribution in [0.5, 0.6) is 0 Å². The van der Waals surface area contributed by atoms with Crippen LogP contribution >= 0.6 is 0 Å². The van der Waals surface area contributed by atoms with Crippen molar-refractivity contribution >= 4 is 11.8 Å². The number of rotatable bonds is 3. The molecule has 5 heteroatoms. The molecule has 2 unspecified atom stereocenters. The average Bonchev–Trinajstić information content (AvgIpc) is 2.32. The van der Waals surface area contributed by atoms with Gasteiger partial charge in [-0.15, -0.1) is 0 Å². The zero-order valence-electron chi connectivity index (χ0n) is 11.5. The van der Waals surface area contributed by atoms with Crippen LogP contribution in [0.1, 0.15) is 38.2 Å². The van der Waals surface area contributed by atoms with E-state index in [-0.39, 0.29) is 23.8 Å². The molecule has 0 bridgehead atoms. The molecule has 0 saturated carbocycles. The molecular formula is C15H17F2NO2. The fourth-order valence-corrected chi connectivity index (χ4v) is 2.71. The van der Waals surface area contributed by atoms with Gasteiger partial charge in [0.05, 0.1) is 0 Å². The summed E-state index contributed by atoms with van der Waals surface area (Å²) in [6, 6.07) is 3.27. The lowest BCUT2D eigenvalue weighted by Crippen LogP contribution is -2.45. The van der Waals surface area contributed by atoms with Crippen LogP contribution in [0.4, 0.5) is 8.78 Å². The minimum absolute atomic E-state index is 0.0473. The van der Waals surface area contributed by atoms with E-state index >= 15 is 0 Å². The SMILES string of the molecule is CC(C)CC1C(=O)NC(=O)CC1c1ccc(F)cc1F. The van der Waals surface area contributed by atoms with Crippen LogP contribution in [0.3, 0.4) is 0 Å². The zero-order chi connectivity index (χ0) is 14.9. The Kier molecular flexibility index (Phi) is 4.16. The van der Waals surface area contributed by atoms with E-state index in [0.717, 1.165) is 12.1 Å². The van der Waals surface area contributed by atoms with Crippen LogP contribution in [-0.2, 0) is 9.59 Å². The van der Waals surface area contributed by atoms with Gasteiger partial charge in [0.2, 0.25) is 11.8 Å². The molecule has 1 aromatic carbocycles. The minimum Gasteiger partial charge on any atom is -0.296 e. The van der Waals surface area contributed by atoms with Crippen molar-refractivity contribution in [3.63, 3.8) is 0 Å². The van der Waals surface area contributed by atoms with Gasteiger partial charge in [-0.05, 0) is 24.0 Å². The van der Waals surface area contributed by atoms with Gasteiger partial charge in [-0.3, -0.25) is 14.9 Å². The van der Waals surface area contributed by atoms with E-state index in [9.17, 15) is 18.4 Å². The van der Waals surface area contributed by atoms with E-state index < -0.39 is 29.4 Å². The van der Waals surface area contributed by atoms with E-state index in [1.807, 2.05) is 13.8 Å². The smallest absolute Gasteiger partial charge is 0.230 e. The second kappa shape index (κ2) is 5.69. The number of halogens is 2. The van der Waals surface area contributed by atoms with Gasteiger partial charge < -0.3 is 0 Å². The van der Waals surface area contributed by atoms with Gasteiger partial charge in [0.15, 0.2) is 0 Å². The number of carbonyl (C=O) groups excluding carboxylic acids is 2. The Hall–Kier alpha value is -1.78. The predicted octanol–water partition coefficient (Wildman–Crippen LogP) is 2.76. The largest absolute Gasteiger partial charge is 0.296 e. The maximum Gasteiger partial charge on any atom is 0.230 e. The first kappa shape index (κ1) is 14.6. The topological polar surface area (TPSA) is 46.2 Å². The Morgan fingerprint density at radius 3 is 2.60 bits per heavy atom. The monoisotopic (exact) mass is 281 g/mol. The van der Waals surface area contributed by atoms with Crippen molar-refractivity contribution in [2.75, 3.05) is 0 Å². The lowest BCUT2D eigenvalue weighted by molar-refractivity contribution is -0.137. The molecule has 1 saturated heterocycles. The fraction of sp³-hybridized carbons (Fsp3) is 0.467. The molecule has 2 atom stereocenters. The van der Waals surface area contributed by atoms with E-state index in [1.165, 1.54) is 6.07 Å². The zero-order valence-corrected chi connectivity index (χ0v) is 11.5. The highest BCUT2D eigenvalue weighted by Crippen LogP contribution is 2.36. The highest BCUT2D eigenvalue weighted by Gasteiger charge is 2.38. The summed E-state index contributed by atoms with van der Waals surface area (Å²) in [6.07, 6.45) is 0.603. The van der Waals surface area contributed by atoms with Crippen molar-refractivity contribution in [1.29, 1.82) is 0 Å². The third-order valence-electron chi connectivity index (χ3n) is 3.58. The molecule has 0 radical (unpaired) electrons. The van der Waals surface area contributed by atoms with E-state index in [1.54, 1.807) is 0 Å². The Balaban J connectivity index is 2.37. The van der Waals surface area contributed by atoms with Gasteiger partial charge in [0.1, 0.15) is 11.6 Å². The maximum atomic E-state index is 13.9. The van der Waals surface area contributed by atoms with Crippen molar-refractivity contribution in [2.24, 2.45) is 11.8 Å². The van der Waals surface area contributed by atoms with Crippen LogP contribution < -0.4 is 5.32 Å². The van der Waals surface area contributed by atoms with Gasteiger partial charge in [0, 0.05) is 24.3 Å². The molecular weight excluding hydrogens is 264 g/mol. The maximum absolute atomic E-state index is 13.9. The second-order valence-electron chi connectivity index (χ2n) is 5.62. The molecule has 1 aliphatic rings. The molecule has 1 N–H and O–H groups in total. The third kappa shape index (κ3) is 3.03. The number of amides is 2. The molecule has 2 amide bonds. The van der Waals surface area contributed by atoms with Crippen LogP contribution in [-0.4, -0.2) is 11.8 Å². The van der Waals surface area contributed by atoms with Crippen molar-refractivity contribution in [3.05, 3.63) is 35.4 Å². The summed E-state index contributed by atoms with van der Waals surface area (Å²) in [6.45, 7) is 3.92. The summed E-state index contributed by atoms with van der Waals surface area (Å²) >= 11 is 0. The number of hydrogen-bond donors (Lipinski definition) is 1. The highest BCUT2D eigenvalue weighted by molar-refractivity contribution is 5.99. The summed E-state index contributed by atoms with van der Waals surface area (Å²) in [5.74, 6) is -2.91. The molecule has 0 spiro atoms. The molecule has 1 aromatic rings. The first-order chi connectivity index (χ1) is 9.38. The molecule has 3 nitrogen and oxygen atoms in total. The van der Waals surface area contributed by atoms with Crippen molar-refractivity contribution < 1.29 is 18.4 Å². The van der Waals surface area contributed by atoms with E-state index in [4.69, 9.17) is 0 Å². The molecule has 1 aliphatic heterocycles. The molecule has 0 aliphatic carbocycles. The normalized spacial score (nSPS) is 23.1. The van der Waals surface area contributed by atoms with Crippen LogP contribution in [0, 0.1) is 23.5 Å². The van der Waals surface area contributed by atoms with Gasteiger partial charge in [0.25, 0.3) is 0 Å². The van der Waals surface area contributed by atoms with Gasteiger partial charge in [-0.2, -0.15) is 0 Å². The summed E-state index contributed by atoms with van der Waals surface area (Å²) in [4.78, 5) is 23.5. The molecule has 20 heavy (non-hydrogen) atoms.